The fraction of sp³-hybridized carbons (Fsp3) is 0.154. The van der Waals surface area contributed by atoms with Gasteiger partial charge in [-0.15, -0.1) is 0 Å². The molecule has 0 fully saturated rings. The van der Waals surface area contributed by atoms with E-state index in [-0.39, 0.29) is 24.9 Å². The van der Waals surface area contributed by atoms with Crippen molar-refractivity contribution in [3.8, 4) is 12.1 Å². The number of nitriles is 2. The number of anilines is 3. The lowest BCUT2D eigenvalue weighted by Gasteiger charge is -2.25. The summed E-state index contributed by atoms with van der Waals surface area (Å²) in [5.74, 6) is -0.632. The Balaban J connectivity index is 1.78. The third-order valence-electron chi connectivity index (χ3n) is 4.79. The average Bonchev–Trinajstić information content (AvgIpc) is 2.78. The Kier molecular flexibility index (Phi) is 7.41. The van der Waals surface area contributed by atoms with Crippen LogP contribution in [0.25, 0.3) is 0 Å². The summed E-state index contributed by atoms with van der Waals surface area (Å²) in [5.41, 5.74) is 4.68. The molecule has 7 nitrogen and oxygen atoms in total. The summed E-state index contributed by atoms with van der Waals surface area (Å²) in [6.07, 6.45) is 0. The molecule has 0 atom stereocenters. The van der Waals surface area contributed by atoms with Crippen LogP contribution >= 0.6 is 0 Å². The second-order valence-electron chi connectivity index (χ2n) is 7.68. The van der Waals surface area contributed by atoms with Crippen LogP contribution in [0.15, 0.2) is 66.7 Å². The van der Waals surface area contributed by atoms with Crippen molar-refractivity contribution in [2.75, 3.05) is 28.6 Å². The van der Waals surface area contributed by atoms with Gasteiger partial charge in [0.05, 0.1) is 36.4 Å². The number of hydrogen-bond acceptors (Lipinski definition) is 5. The average molecular weight is 438 g/mol. The van der Waals surface area contributed by atoms with E-state index >= 15 is 0 Å². The van der Waals surface area contributed by atoms with Gasteiger partial charge in [-0.2, -0.15) is 10.5 Å². The summed E-state index contributed by atoms with van der Waals surface area (Å²) >= 11 is 0. The van der Waals surface area contributed by atoms with E-state index < -0.39 is 0 Å². The minimum atomic E-state index is -0.316. The number of amides is 2. The van der Waals surface area contributed by atoms with Crippen LogP contribution in [0.1, 0.15) is 22.3 Å². The topological polar surface area (TPSA) is 109 Å². The molecular weight excluding hydrogens is 414 g/mol. The Morgan fingerprint density at radius 3 is 1.64 bits per heavy atom. The van der Waals surface area contributed by atoms with Crippen molar-refractivity contribution in [1.82, 2.24) is 0 Å². The van der Waals surface area contributed by atoms with Crippen molar-refractivity contribution in [2.45, 2.75) is 13.8 Å². The number of nitrogens with one attached hydrogen (secondary N) is 2. The predicted octanol–water partition coefficient (Wildman–Crippen LogP) is 4.13. The lowest BCUT2D eigenvalue weighted by molar-refractivity contribution is -0.115. The molecule has 2 N–H and O–H groups in total. The van der Waals surface area contributed by atoms with E-state index in [9.17, 15) is 9.59 Å². The number of hydrogen-bond donors (Lipinski definition) is 2. The van der Waals surface area contributed by atoms with Crippen LogP contribution in [0.3, 0.4) is 0 Å². The maximum Gasteiger partial charge on any atom is 0.243 e. The molecule has 3 aromatic carbocycles. The van der Waals surface area contributed by atoms with Crippen molar-refractivity contribution in [1.29, 1.82) is 10.5 Å². The molecular formula is C26H23N5O2. The van der Waals surface area contributed by atoms with Crippen LogP contribution in [0.4, 0.5) is 17.1 Å². The third kappa shape index (κ3) is 6.68. The maximum absolute atomic E-state index is 12.8. The lowest BCUT2D eigenvalue weighted by atomic mass is 10.1. The zero-order chi connectivity index (χ0) is 23.8. The quantitative estimate of drug-likeness (QED) is 0.578. The van der Waals surface area contributed by atoms with Crippen molar-refractivity contribution >= 4 is 28.9 Å². The van der Waals surface area contributed by atoms with Crippen LogP contribution in [0.2, 0.25) is 0 Å². The van der Waals surface area contributed by atoms with Gasteiger partial charge in [0.1, 0.15) is 0 Å². The van der Waals surface area contributed by atoms with Crippen molar-refractivity contribution in [2.24, 2.45) is 0 Å². The monoisotopic (exact) mass is 437 g/mol. The lowest BCUT2D eigenvalue weighted by Crippen LogP contribution is -2.39. The Labute approximate surface area is 192 Å². The zero-order valence-electron chi connectivity index (χ0n) is 18.4. The standard InChI is InChI=1S/C26H23N5O2/c1-18-9-19(2)11-24(10-18)31(16-25(32)29-22-7-3-5-20(12-22)14-27)17-26(33)30-23-8-4-6-21(13-23)15-28/h3-13H,16-17H2,1-2H3,(H,29,32)(H,30,33). The van der Waals surface area contributed by atoms with Crippen LogP contribution in [0.5, 0.6) is 0 Å². The van der Waals surface area contributed by atoms with Crippen LogP contribution < -0.4 is 15.5 Å². The summed E-state index contributed by atoms with van der Waals surface area (Å²) in [5, 5.41) is 23.7. The Morgan fingerprint density at radius 1 is 0.758 bits per heavy atom. The summed E-state index contributed by atoms with van der Waals surface area (Å²) in [4.78, 5) is 27.3. The fourth-order valence-electron chi connectivity index (χ4n) is 3.45. The number of nitrogens with zero attached hydrogens (tertiary/aromatic N) is 3. The molecule has 2 amide bonds. The van der Waals surface area contributed by atoms with Gasteiger partial charge in [-0.05, 0) is 73.5 Å². The van der Waals surface area contributed by atoms with Gasteiger partial charge in [0.2, 0.25) is 11.8 Å². The van der Waals surface area contributed by atoms with E-state index in [0.29, 0.717) is 22.5 Å². The molecule has 33 heavy (non-hydrogen) atoms. The molecule has 0 bridgehead atoms. The van der Waals surface area contributed by atoms with E-state index in [4.69, 9.17) is 10.5 Å². The second kappa shape index (κ2) is 10.6. The Bertz CT molecular complexity index is 1180. The highest BCUT2D eigenvalue weighted by atomic mass is 16.2. The van der Waals surface area contributed by atoms with Crippen molar-refractivity contribution in [3.63, 3.8) is 0 Å². The highest BCUT2D eigenvalue weighted by Gasteiger charge is 2.17. The smallest absolute Gasteiger partial charge is 0.243 e. The first-order valence-corrected chi connectivity index (χ1v) is 10.3. The molecule has 0 saturated carbocycles. The Hall–Kier alpha value is -4.62. The highest BCUT2D eigenvalue weighted by molar-refractivity contribution is 5.98. The highest BCUT2D eigenvalue weighted by Crippen LogP contribution is 2.20. The molecule has 0 aliphatic rings. The molecule has 3 aromatic rings. The molecule has 0 radical (unpaired) electrons. The first-order valence-electron chi connectivity index (χ1n) is 10.3. The maximum atomic E-state index is 12.8. The van der Waals surface area contributed by atoms with Gasteiger partial charge < -0.3 is 15.5 Å². The molecule has 3 rings (SSSR count). The van der Waals surface area contributed by atoms with Crippen molar-refractivity contribution in [3.05, 3.63) is 89.0 Å². The van der Waals surface area contributed by atoms with Gasteiger partial charge in [-0.3, -0.25) is 9.59 Å². The second-order valence-corrected chi connectivity index (χ2v) is 7.68. The predicted molar refractivity (Wildman–Crippen MR) is 128 cm³/mol. The molecule has 0 saturated heterocycles. The van der Waals surface area contributed by atoms with Crippen LogP contribution in [0, 0.1) is 36.5 Å². The van der Waals surface area contributed by atoms with Gasteiger partial charge in [-0.25, -0.2) is 0 Å². The normalized spacial score (nSPS) is 9.94. The number of carbonyl (C=O) groups is 2. The van der Waals surface area contributed by atoms with Gasteiger partial charge in [-0.1, -0.05) is 18.2 Å². The summed E-state index contributed by atoms with van der Waals surface area (Å²) in [6.45, 7) is 3.78. The minimum absolute atomic E-state index is 0.0642. The third-order valence-corrected chi connectivity index (χ3v) is 4.79. The van der Waals surface area contributed by atoms with Crippen molar-refractivity contribution < 1.29 is 9.59 Å². The molecule has 0 unspecified atom stereocenters. The molecule has 0 spiro atoms. The molecule has 0 aliphatic heterocycles. The van der Waals surface area contributed by atoms with Gasteiger partial charge in [0.15, 0.2) is 0 Å². The molecule has 0 aromatic heterocycles. The molecule has 0 heterocycles. The first-order chi connectivity index (χ1) is 15.9. The van der Waals surface area contributed by atoms with Crippen LogP contribution in [-0.4, -0.2) is 24.9 Å². The Morgan fingerprint density at radius 2 is 1.21 bits per heavy atom. The van der Waals surface area contributed by atoms with Gasteiger partial charge in [0, 0.05) is 17.1 Å². The minimum Gasteiger partial charge on any atom is -0.353 e. The zero-order valence-corrected chi connectivity index (χ0v) is 18.4. The fourth-order valence-corrected chi connectivity index (χ4v) is 3.45. The number of aryl methyl sites for hydroxylation is 2. The number of carbonyl (C=O) groups excluding carboxylic acids is 2. The molecule has 164 valence electrons. The van der Waals surface area contributed by atoms with Gasteiger partial charge in [0.25, 0.3) is 0 Å². The number of rotatable bonds is 7. The van der Waals surface area contributed by atoms with E-state index in [0.717, 1.165) is 16.8 Å². The van der Waals surface area contributed by atoms with Crippen LogP contribution in [-0.2, 0) is 9.59 Å². The summed E-state index contributed by atoms with van der Waals surface area (Å²) < 4.78 is 0. The van der Waals surface area contributed by atoms with E-state index in [1.54, 1.807) is 53.4 Å². The van der Waals surface area contributed by atoms with E-state index in [1.165, 1.54) is 0 Å². The van der Waals surface area contributed by atoms with Gasteiger partial charge >= 0.3 is 0 Å². The first kappa shape index (κ1) is 23.1. The molecule has 7 heteroatoms. The molecule has 0 aliphatic carbocycles. The summed E-state index contributed by atoms with van der Waals surface area (Å²) in [7, 11) is 0. The number of benzene rings is 3. The SMILES string of the molecule is Cc1cc(C)cc(N(CC(=O)Nc2cccc(C#N)c2)CC(=O)Nc2cccc(C#N)c2)c1. The van der Waals surface area contributed by atoms with E-state index in [2.05, 4.69) is 10.6 Å². The van der Waals surface area contributed by atoms with E-state index in [1.807, 2.05) is 44.2 Å². The largest absolute Gasteiger partial charge is 0.353 e. The summed E-state index contributed by atoms with van der Waals surface area (Å²) in [6, 6.07) is 23.2.